The average Bonchev–Trinajstić information content (AvgIpc) is 3.04. The summed E-state index contributed by atoms with van der Waals surface area (Å²) < 4.78 is 13.4. The zero-order valence-corrected chi connectivity index (χ0v) is 12.0. The number of aromatic amines is 1. The Bertz CT molecular complexity index is 696. The summed E-state index contributed by atoms with van der Waals surface area (Å²) >= 11 is 0. The van der Waals surface area contributed by atoms with Gasteiger partial charge in [-0.25, -0.2) is 4.39 Å². The normalized spacial score (nSPS) is 22.4. The molecule has 3 rings (SSSR count). The fourth-order valence-corrected chi connectivity index (χ4v) is 2.91. The van der Waals surface area contributed by atoms with Crippen LogP contribution in [0.15, 0.2) is 24.4 Å². The molecule has 1 saturated heterocycles. The van der Waals surface area contributed by atoms with Crippen LogP contribution in [0.2, 0.25) is 0 Å². The number of piperidine rings is 1. The lowest BCUT2D eigenvalue weighted by atomic mass is 9.90. The molecular formula is C15H16FN5O. The number of likely N-dealkylation sites (tertiary alicyclic amines) is 1. The molecule has 2 aromatic rings. The SMILES string of the molecule is N#Cc1cc(CN2CCCC(O)(c3cn[nH]n3)C2)ccc1F. The number of hydrogen-bond acceptors (Lipinski definition) is 5. The van der Waals surface area contributed by atoms with Crippen molar-refractivity contribution in [3.8, 4) is 6.07 Å². The molecule has 0 aliphatic carbocycles. The first-order chi connectivity index (χ1) is 10.6. The molecule has 0 amide bonds. The predicted molar refractivity (Wildman–Crippen MR) is 75.9 cm³/mol. The standard InChI is InChI=1S/C15H16FN5O/c16-13-3-2-11(6-12(13)7-17)9-21-5-1-4-15(22,10-21)14-8-18-20-19-14/h2-3,6,8,22H,1,4-5,9-10H2,(H,18,19,20). The third-order valence-electron chi connectivity index (χ3n) is 4.00. The fourth-order valence-electron chi connectivity index (χ4n) is 2.91. The van der Waals surface area contributed by atoms with E-state index in [2.05, 4.69) is 20.3 Å². The van der Waals surface area contributed by atoms with E-state index in [1.165, 1.54) is 12.3 Å². The van der Waals surface area contributed by atoms with Gasteiger partial charge in [0, 0.05) is 13.1 Å². The van der Waals surface area contributed by atoms with Crippen molar-refractivity contribution in [1.29, 1.82) is 5.26 Å². The largest absolute Gasteiger partial charge is 0.382 e. The molecule has 6 nitrogen and oxygen atoms in total. The van der Waals surface area contributed by atoms with E-state index in [9.17, 15) is 9.50 Å². The van der Waals surface area contributed by atoms with Crippen molar-refractivity contribution in [2.45, 2.75) is 25.0 Å². The van der Waals surface area contributed by atoms with E-state index in [1.54, 1.807) is 12.1 Å². The van der Waals surface area contributed by atoms with Gasteiger partial charge >= 0.3 is 0 Å². The number of nitrogens with one attached hydrogen (secondary N) is 1. The molecule has 114 valence electrons. The van der Waals surface area contributed by atoms with Gasteiger partial charge in [-0.1, -0.05) is 6.07 Å². The molecule has 1 aromatic carbocycles. The second-order valence-electron chi connectivity index (χ2n) is 5.63. The summed E-state index contributed by atoms with van der Waals surface area (Å²) in [4.78, 5) is 2.08. The number of H-pyrrole nitrogens is 1. The molecule has 2 N–H and O–H groups in total. The van der Waals surface area contributed by atoms with Crippen LogP contribution in [0.25, 0.3) is 0 Å². The Morgan fingerprint density at radius 2 is 2.36 bits per heavy atom. The van der Waals surface area contributed by atoms with Crippen molar-refractivity contribution in [3.05, 3.63) is 47.0 Å². The lowest BCUT2D eigenvalue weighted by Crippen LogP contribution is -2.45. The lowest BCUT2D eigenvalue weighted by molar-refractivity contribution is -0.0414. The number of halogens is 1. The van der Waals surface area contributed by atoms with Crippen molar-refractivity contribution >= 4 is 0 Å². The second-order valence-corrected chi connectivity index (χ2v) is 5.63. The van der Waals surface area contributed by atoms with Crippen LogP contribution in [0.1, 0.15) is 29.7 Å². The highest BCUT2D eigenvalue weighted by Crippen LogP contribution is 2.30. The van der Waals surface area contributed by atoms with Gasteiger partial charge in [-0.05, 0) is 37.1 Å². The van der Waals surface area contributed by atoms with Gasteiger partial charge in [-0.3, -0.25) is 4.90 Å². The molecule has 1 aliphatic heterocycles. The predicted octanol–water partition coefficient (Wildman–Crippen LogP) is 1.30. The van der Waals surface area contributed by atoms with Crippen LogP contribution in [0.4, 0.5) is 4.39 Å². The second kappa shape index (κ2) is 5.83. The van der Waals surface area contributed by atoms with Gasteiger partial charge in [-0.15, -0.1) is 0 Å². The van der Waals surface area contributed by atoms with Crippen LogP contribution in [0.5, 0.6) is 0 Å². The van der Waals surface area contributed by atoms with Crippen LogP contribution in [-0.2, 0) is 12.1 Å². The molecular weight excluding hydrogens is 285 g/mol. The highest BCUT2D eigenvalue weighted by atomic mass is 19.1. The number of β-amino-alcohol motifs (C(OH)–C–C–N with tert-alkyl or cyclic N) is 1. The van der Waals surface area contributed by atoms with E-state index in [4.69, 9.17) is 5.26 Å². The molecule has 0 spiro atoms. The highest BCUT2D eigenvalue weighted by Gasteiger charge is 2.37. The number of nitriles is 1. The van der Waals surface area contributed by atoms with Gasteiger partial charge in [0.25, 0.3) is 0 Å². The number of hydrogen-bond donors (Lipinski definition) is 2. The third-order valence-corrected chi connectivity index (χ3v) is 4.00. The maximum atomic E-state index is 13.4. The third kappa shape index (κ3) is 2.84. The smallest absolute Gasteiger partial charge is 0.140 e. The van der Waals surface area contributed by atoms with E-state index in [1.807, 2.05) is 6.07 Å². The summed E-state index contributed by atoms with van der Waals surface area (Å²) in [6.45, 7) is 1.81. The Balaban J connectivity index is 1.75. The maximum Gasteiger partial charge on any atom is 0.140 e. The summed E-state index contributed by atoms with van der Waals surface area (Å²) in [6.07, 6.45) is 2.99. The first kappa shape index (κ1) is 14.6. The minimum atomic E-state index is -1.02. The van der Waals surface area contributed by atoms with Crippen LogP contribution < -0.4 is 0 Å². The van der Waals surface area contributed by atoms with Crippen molar-refractivity contribution in [2.75, 3.05) is 13.1 Å². The lowest BCUT2D eigenvalue weighted by Gasteiger charge is -2.38. The molecule has 1 atom stereocenters. The Morgan fingerprint density at radius 1 is 1.50 bits per heavy atom. The van der Waals surface area contributed by atoms with Crippen molar-refractivity contribution in [3.63, 3.8) is 0 Å². The average molecular weight is 301 g/mol. The molecule has 0 radical (unpaired) electrons. The van der Waals surface area contributed by atoms with Gasteiger partial charge < -0.3 is 5.11 Å². The number of aromatic nitrogens is 3. The molecule has 1 unspecified atom stereocenters. The Labute approximate surface area is 127 Å². The quantitative estimate of drug-likeness (QED) is 0.892. The van der Waals surface area contributed by atoms with Gasteiger partial charge in [0.1, 0.15) is 23.2 Å². The zero-order chi connectivity index (χ0) is 15.6. The molecule has 1 fully saturated rings. The number of nitrogens with zero attached hydrogens (tertiary/aromatic N) is 4. The van der Waals surface area contributed by atoms with E-state index < -0.39 is 11.4 Å². The van der Waals surface area contributed by atoms with Gasteiger partial charge in [-0.2, -0.15) is 20.7 Å². The highest BCUT2D eigenvalue weighted by molar-refractivity contribution is 5.34. The topological polar surface area (TPSA) is 88.8 Å². The summed E-state index contributed by atoms with van der Waals surface area (Å²) in [6, 6.07) is 6.37. The minimum Gasteiger partial charge on any atom is -0.382 e. The molecule has 2 heterocycles. The van der Waals surface area contributed by atoms with E-state index in [0.717, 1.165) is 18.5 Å². The van der Waals surface area contributed by atoms with Crippen LogP contribution in [-0.4, -0.2) is 38.5 Å². The van der Waals surface area contributed by atoms with Crippen molar-refractivity contribution in [1.82, 2.24) is 20.3 Å². The Hall–Kier alpha value is -2.30. The molecule has 0 bridgehead atoms. The Kier molecular flexibility index (Phi) is 3.88. The fraction of sp³-hybridized carbons (Fsp3) is 0.400. The molecule has 7 heteroatoms. The van der Waals surface area contributed by atoms with Crippen molar-refractivity contribution < 1.29 is 9.50 Å². The van der Waals surface area contributed by atoms with Gasteiger partial charge in [0.2, 0.25) is 0 Å². The van der Waals surface area contributed by atoms with E-state index in [-0.39, 0.29) is 5.56 Å². The summed E-state index contributed by atoms with van der Waals surface area (Å²) in [7, 11) is 0. The summed E-state index contributed by atoms with van der Waals surface area (Å²) in [5, 5.41) is 29.9. The van der Waals surface area contributed by atoms with Crippen LogP contribution >= 0.6 is 0 Å². The first-order valence-corrected chi connectivity index (χ1v) is 7.10. The van der Waals surface area contributed by atoms with Gasteiger partial charge in [0.15, 0.2) is 0 Å². The maximum absolute atomic E-state index is 13.4. The van der Waals surface area contributed by atoms with E-state index >= 15 is 0 Å². The zero-order valence-electron chi connectivity index (χ0n) is 12.0. The number of rotatable bonds is 3. The van der Waals surface area contributed by atoms with Gasteiger partial charge in [0.05, 0.1) is 11.8 Å². The monoisotopic (exact) mass is 301 g/mol. The molecule has 1 aromatic heterocycles. The van der Waals surface area contributed by atoms with Crippen LogP contribution in [0.3, 0.4) is 0 Å². The van der Waals surface area contributed by atoms with E-state index in [0.29, 0.717) is 25.2 Å². The number of benzene rings is 1. The molecule has 0 saturated carbocycles. The number of aliphatic hydroxyl groups is 1. The summed E-state index contributed by atoms with van der Waals surface area (Å²) in [5.74, 6) is -0.510. The first-order valence-electron chi connectivity index (χ1n) is 7.10. The summed E-state index contributed by atoms with van der Waals surface area (Å²) in [5.41, 5.74) is 0.404. The van der Waals surface area contributed by atoms with Crippen molar-refractivity contribution in [2.24, 2.45) is 0 Å². The molecule has 1 aliphatic rings. The molecule has 22 heavy (non-hydrogen) atoms. The Morgan fingerprint density at radius 3 is 3.09 bits per heavy atom. The minimum absolute atomic E-state index is 0.0428. The van der Waals surface area contributed by atoms with Crippen LogP contribution in [0, 0.1) is 17.1 Å².